The van der Waals surface area contributed by atoms with E-state index in [1.807, 2.05) is 18.2 Å². The number of primary sulfonamides is 1. The van der Waals surface area contributed by atoms with Gasteiger partial charge in [0.1, 0.15) is 15.6 Å². The van der Waals surface area contributed by atoms with Crippen molar-refractivity contribution in [2.45, 2.75) is 17.7 Å². The average molecular weight is 377 g/mol. The molecule has 1 heterocycles. The van der Waals surface area contributed by atoms with Gasteiger partial charge < -0.3 is 15.4 Å². The fourth-order valence-corrected chi connectivity index (χ4v) is 3.66. The highest BCUT2D eigenvalue weighted by atomic mass is 32.2. The van der Waals surface area contributed by atoms with Gasteiger partial charge in [0.05, 0.1) is 5.69 Å². The van der Waals surface area contributed by atoms with E-state index in [9.17, 15) is 8.42 Å². The maximum atomic E-state index is 12.2. The van der Waals surface area contributed by atoms with Gasteiger partial charge in [-0.15, -0.1) is 0 Å². The smallest absolute Gasteiger partial charge is 0.241 e. The number of thiocarbonyl (C=S) groups is 1. The van der Waals surface area contributed by atoms with E-state index in [4.69, 9.17) is 27.8 Å². The van der Waals surface area contributed by atoms with Crippen molar-refractivity contribution in [1.29, 1.82) is 0 Å². The molecule has 8 heteroatoms. The van der Waals surface area contributed by atoms with Crippen LogP contribution in [0.4, 0.5) is 5.69 Å². The van der Waals surface area contributed by atoms with E-state index in [1.54, 1.807) is 18.2 Å². The molecule has 0 aliphatic carbocycles. The van der Waals surface area contributed by atoms with Crippen LogP contribution in [0.25, 0.3) is 0 Å². The monoisotopic (exact) mass is 377 g/mol. The molecule has 0 saturated carbocycles. The van der Waals surface area contributed by atoms with Crippen molar-refractivity contribution in [3.63, 3.8) is 0 Å². The molecule has 1 aliphatic heterocycles. The second-order valence-corrected chi connectivity index (χ2v) is 7.81. The van der Waals surface area contributed by atoms with Crippen LogP contribution in [0.3, 0.4) is 0 Å². The Bertz CT molecular complexity index is 893. The minimum absolute atomic E-state index is 0.108. The quantitative estimate of drug-likeness (QED) is 0.776. The molecule has 0 unspecified atom stereocenters. The number of anilines is 1. The van der Waals surface area contributed by atoms with E-state index in [0.717, 1.165) is 25.9 Å². The zero-order valence-electron chi connectivity index (χ0n) is 13.5. The SMILES string of the molecule is NC(=S)c1cc(N2CCCC2)c(Oc2ccccc2)c(S(N)(=O)=O)c1. The Morgan fingerprint density at radius 3 is 2.32 bits per heavy atom. The summed E-state index contributed by atoms with van der Waals surface area (Å²) in [5.74, 6) is 0.728. The van der Waals surface area contributed by atoms with Gasteiger partial charge >= 0.3 is 0 Å². The molecule has 0 radical (unpaired) electrons. The number of nitrogens with zero attached hydrogens (tertiary/aromatic N) is 1. The van der Waals surface area contributed by atoms with Gasteiger partial charge in [0, 0.05) is 18.7 Å². The van der Waals surface area contributed by atoms with Crippen LogP contribution in [0.1, 0.15) is 18.4 Å². The summed E-state index contributed by atoms with van der Waals surface area (Å²) in [6.45, 7) is 1.60. The van der Waals surface area contributed by atoms with Crippen LogP contribution in [-0.2, 0) is 10.0 Å². The van der Waals surface area contributed by atoms with Crippen LogP contribution < -0.4 is 20.5 Å². The standard InChI is InChI=1S/C17H19N3O3S2/c18-17(24)12-10-14(20-8-4-5-9-20)16(15(11-12)25(19,21)22)23-13-6-2-1-3-7-13/h1-3,6-7,10-11H,4-5,8-9H2,(H2,18,24)(H2,19,21,22). The van der Waals surface area contributed by atoms with E-state index < -0.39 is 10.0 Å². The first kappa shape index (κ1) is 17.7. The Labute approximate surface area is 152 Å². The Hall–Kier alpha value is -2.16. The van der Waals surface area contributed by atoms with Crippen molar-refractivity contribution in [2.75, 3.05) is 18.0 Å². The normalized spacial score (nSPS) is 14.5. The van der Waals surface area contributed by atoms with Crippen molar-refractivity contribution in [1.82, 2.24) is 0 Å². The number of benzene rings is 2. The number of hydrogen-bond acceptors (Lipinski definition) is 5. The molecule has 0 spiro atoms. The van der Waals surface area contributed by atoms with Crippen LogP contribution >= 0.6 is 12.2 Å². The highest BCUT2D eigenvalue weighted by molar-refractivity contribution is 7.89. The number of ether oxygens (including phenoxy) is 1. The number of rotatable bonds is 5. The molecule has 3 rings (SSSR count). The minimum Gasteiger partial charge on any atom is -0.454 e. The summed E-state index contributed by atoms with van der Waals surface area (Å²) in [6, 6.07) is 12.1. The predicted octanol–water partition coefficient (Wildman–Crippen LogP) is 2.36. The maximum absolute atomic E-state index is 12.2. The van der Waals surface area contributed by atoms with E-state index in [-0.39, 0.29) is 15.6 Å². The molecule has 2 aromatic rings. The molecule has 1 fully saturated rings. The summed E-state index contributed by atoms with van der Waals surface area (Å²) >= 11 is 5.03. The summed E-state index contributed by atoms with van der Waals surface area (Å²) in [5.41, 5.74) is 6.81. The third-order valence-corrected chi connectivity index (χ3v) is 5.19. The van der Waals surface area contributed by atoms with Crippen LogP contribution in [0.2, 0.25) is 0 Å². The third kappa shape index (κ3) is 3.92. The van der Waals surface area contributed by atoms with E-state index in [2.05, 4.69) is 4.90 Å². The lowest BCUT2D eigenvalue weighted by molar-refractivity contribution is 0.467. The molecule has 0 amide bonds. The summed E-state index contributed by atoms with van der Waals surface area (Å²) < 4.78 is 30.3. The van der Waals surface area contributed by atoms with Crippen molar-refractivity contribution in [3.05, 3.63) is 48.0 Å². The lowest BCUT2D eigenvalue weighted by atomic mass is 10.1. The molecule has 0 bridgehead atoms. The number of nitrogens with two attached hydrogens (primary N) is 2. The van der Waals surface area contributed by atoms with Gasteiger partial charge in [-0.05, 0) is 37.1 Å². The zero-order chi connectivity index (χ0) is 18.0. The van der Waals surface area contributed by atoms with Crippen molar-refractivity contribution < 1.29 is 13.2 Å². The van der Waals surface area contributed by atoms with E-state index >= 15 is 0 Å². The molecule has 1 saturated heterocycles. The van der Waals surface area contributed by atoms with Crippen LogP contribution in [0.5, 0.6) is 11.5 Å². The van der Waals surface area contributed by atoms with Gasteiger partial charge in [0.15, 0.2) is 5.75 Å². The summed E-state index contributed by atoms with van der Waals surface area (Å²) in [4.78, 5) is 2.05. The molecular weight excluding hydrogens is 358 g/mol. The van der Waals surface area contributed by atoms with Gasteiger partial charge in [-0.25, -0.2) is 13.6 Å². The van der Waals surface area contributed by atoms with Gasteiger partial charge in [0.2, 0.25) is 10.0 Å². The first-order valence-corrected chi connectivity index (χ1v) is 9.80. The summed E-state index contributed by atoms with van der Waals surface area (Å²) in [7, 11) is -4.03. The second-order valence-electron chi connectivity index (χ2n) is 5.84. The number of sulfonamides is 1. The van der Waals surface area contributed by atoms with E-state index in [1.165, 1.54) is 6.07 Å². The van der Waals surface area contributed by atoms with Crippen LogP contribution in [0, 0.1) is 0 Å². The molecule has 6 nitrogen and oxygen atoms in total. The molecule has 0 aromatic heterocycles. The van der Waals surface area contributed by atoms with Crippen molar-refractivity contribution >= 4 is 32.9 Å². The molecule has 0 atom stereocenters. The lowest BCUT2D eigenvalue weighted by Crippen LogP contribution is -2.22. The zero-order valence-corrected chi connectivity index (χ0v) is 15.1. The Balaban J connectivity index is 2.22. The highest BCUT2D eigenvalue weighted by Gasteiger charge is 2.26. The molecule has 1 aliphatic rings. The molecule has 2 aromatic carbocycles. The largest absolute Gasteiger partial charge is 0.454 e. The maximum Gasteiger partial charge on any atom is 0.241 e. The van der Waals surface area contributed by atoms with Gasteiger partial charge in [-0.3, -0.25) is 0 Å². The fourth-order valence-electron chi connectivity index (χ4n) is 2.84. The molecule has 4 N–H and O–H groups in total. The van der Waals surface area contributed by atoms with Crippen LogP contribution in [-0.4, -0.2) is 26.5 Å². The average Bonchev–Trinajstić information content (AvgIpc) is 3.09. The first-order chi connectivity index (χ1) is 11.9. The van der Waals surface area contributed by atoms with Gasteiger partial charge in [-0.1, -0.05) is 30.4 Å². The third-order valence-electron chi connectivity index (χ3n) is 4.04. The van der Waals surface area contributed by atoms with Gasteiger partial charge in [-0.2, -0.15) is 0 Å². The fraction of sp³-hybridized carbons (Fsp3) is 0.235. The molecule has 25 heavy (non-hydrogen) atoms. The Morgan fingerprint density at radius 1 is 1.12 bits per heavy atom. The topological polar surface area (TPSA) is 98.6 Å². The lowest BCUT2D eigenvalue weighted by Gasteiger charge is -2.24. The second kappa shape index (κ2) is 6.99. The molecule has 132 valence electrons. The van der Waals surface area contributed by atoms with Crippen molar-refractivity contribution in [2.24, 2.45) is 10.9 Å². The summed E-state index contributed by atoms with van der Waals surface area (Å²) in [6.07, 6.45) is 2.04. The van der Waals surface area contributed by atoms with Gasteiger partial charge in [0.25, 0.3) is 0 Å². The van der Waals surface area contributed by atoms with E-state index in [0.29, 0.717) is 17.0 Å². The number of para-hydroxylation sites is 1. The number of hydrogen-bond donors (Lipinski definition) is 2. The minimum atomic E-state index is -4.03. The first-order valence-electron chi connectivity index (χ1n) is 7.85. The highest BCUT2D eigenvalue weighted by Crippen LogP contribution is 2.40. The summed E-state index contributed by atoms with van der Waals surface area (Å²) in [5, 5.41) is 5.44. The Morgan fingerprint density at radius 2 is 1.76 bits per heavy atom. The van der Waals surface area contributed by atoms with Crippen LogP contribution in [0.15, 0.2) is 47.4 Å². The predicted molar refractivity (Wildman–Crippen MR) is 102 cm³/mol. The van der Waals surface area contributed by atoms with Crippen molar-refractivity contribution in [3.8, 4) is 11.5 Å². The molecular formula is C17H19N3O3S2. The Kier molecular flexibility index (Phi) is 4.94.